The number of benzene rings is 1. The molecule has 7 nitrogen and oxygen atoms in total. The van der Waals surface area contributed by atoms with Crippen molar-refractivity contribution in [2.45, 2.75) is 62.7 Å². The maximum absolute atomic E-state index is 13.3. The molecule has 1 saturated heterocycles. The molecule has 0 bridgehead atoms. The summed E-state index contributed by atoms with van der Waals surface area (Å²) in [5, 5.41) is 8.36. The number of hydrogen-bond donors (Lipinski definition) is 0. The molecule has 2 saturated carbocycles. The van der Waals surface area contributed by atoms with Gasteiger partial charge in [-0.25, -0.2) is 9.97 Å². The first-order valence-corrected chi connectivity index (χ1v) is 11.9. The molecule has 170 valence electrons. The Bertz CT molecular complexity index is 1220. The van der Waals surface area contributed by atoms with Crippen LogP contribution >= 0.6 is 0 Å². The molecule has 3 aromatic rings. The lowest BCUT2D eigenvalue weighted by atomic mass is 9.74. The van der Waals surface area contributed by atoms with Crippen LogP contribution < -0.4 is 0 Å². The van der Waals surface area contributed by atoms with Gasteiger partial charge in [-0.1, -0.05) is 18.2 Å². The number of nitrogens with zero attached hydrogens (tertiary/aromatic N) is 5. The van der Waals surface area contributed by atoms with Crippen molar-refractivity contribution >= 4 is 5.78 Å². The first kappa shape index (κ1) is 20.7. The van der Waals surface area contributed by atoms with Crippen molar-refractivity contribution in [2.24, 2.45) is 7.05 Å². The second-order valence-electron chi connectivity index (χ2n) is 10.2. The second kappa shape index (κ2) is 7.83. The van der Waals surface area contributed by atoms with Crippen molar-refractivity contribution in [3.63, 3.8) is 0 Å². The maximum Gasteiger partial charge on any atom is 0.185 e. The Labute approximate surface area is 193 Å². The number of Topliss-reactive ketones (excluding diaryl/α,β-unsaturated/α-hetero) is 1. The molecule has 2 aromatic heterocycles. The molecule has 1 aromatic carbocycles. The first-order chi connectivity index (χ1) is 16.0. The quantitative estimate of drug-likeness (QED) is 0.495. The van der Waals surface area contributed by atoms with Gasteiger partial charge in [-0.05, 0) is 61.3 Å². The molecule has 33 heavy (non-hydrogen) atoms. The largest absolute Gasteiger partial charge is 0.379 e. The number of ether oxygens (including phenoxy) is 1. The van der Waals surface area contributed by atoms with Crippen LogP contribution in [0.3, 0.4) is 0 Å². The van der Waals surface area contributed by atoms with E-state index in [1.54, 1.807) is 6.33 Å². The van der Waals surface area contributed by atoms with Crippen LogP contribution in [0.15, 0.2) is 30.6 Å². The Kier molecular flexibility index (Phi) is 4.91. The molecule has 3 fully saturated rings. The summed E-state index contributed by atoms with van der Waals surface area (Å²) in [6.07, 6.45) is 7.57. The van der Waals surface area contributed by atoms with Gasteiger partial charge in [-0.2, -0.15) is 0 Å². The number of aryl methyl sites for hydroxylation is 2. The lowest BCUT2D eigenvalue weighted by Gasteiger charge is -2.42. The summed E-state index contributed by atoms with van der Waals surface area (Å²) in [6.45, 7) is 3.28. The van der Waals surface area contributed by atoms with Gasteiger partial charge in [0.15, 0.2) is 5.78 Å². The molecule has 0 unspecified atom stereocenters. The van der Waals surface area contributed by atoms with Crippen LogP contribution in [0.5, 0.6) is 0 Å². The van der Waals surface area contributed by atoms with Crippen molar-refractivity contribution in [2.75, 3.05) is 13.2 Å². The minimum absolute atomic E-state index is 0.0634. The highest BCUT2D eigenvalue weighted by molar-refractivity contribution is 5.95. The fraction of sp³-hybridized carbons (Fsp3) is 0.500. The van der Waals surface area contributed by atoms with E-state index < -0.39 is 0 Å². The molecule has 0 amide bonds. The highest BCUT2D eigenvalue weighted by atomic mass is 16.5. The van der Waals surface area contributed by atoms with Crippen LogP contribution in [-0.4, -0.2) is 43.7 Å². The van der Waals surface area contributed by atoms with Crippen LogP contribution in [0.1, 0.15) is 82.0 Å². The van der Waals surface area contributed by atoms with E-state index in [9.17, 15) is 4.79 Å². The van der Waals surface area contributed by atoms with Gasteiger partial charge in [-0.3, -0.25) is 4.79 Å². The van der Waals surface area contributed by atoms with Crippen LogP contribution in [0.4, 0.5) is 0 Å². The lowest BCUT2D eigenvalue weighted by molar-refractivity contribution is -0.0611. The highest BCUT2D eigenvalue weighted by Gasteiger charge is 2.42. The van der Waals surface area contributed by atoms with Gasteiger partial charge in [0.25, 0.3) is 0 Å². The van der Waals surface area contributed by atoms with Gasteiger partial charge >= 0.3 is 0 Å². The molecule has 0 radical (unpaired) electrons. The molecule has 0 N–H and O–H groups in total. The zero-order valence-corrected chi connectivity index (χ0v) is 19.3. The monoisotopic (exact) mass is 443 g/mol. The molecule has 0 spiro atoms. The van der Waals surface area contributed by atoms with Crippen LogP contribution in [0.2, 0.25) is 0 Å². The Balaban J connectivity index is 1.31. The van der Waals surface area contributed by atoms with Gasteiger partial charge in [0.1, 0.15) is 23.7 Å². The van der Waals surface area contributed by atoms with Gasteiger partial charge in [0.2, 0.25) is 0 Å². The smallest absolute Gasteiger partial charge is 0.185 e. The van der Waals surface area contributed by atoms with Crippen molar-refractivity contribution in [3.8, 4) is 0 Å². The van der Waals surface area contributed by atoms with E-state index in [-0.39, 0.29) is 11.2 Å². The van der Waals surface area contributed by atoms with Gasteiger partial charge in [0.05, 0.1) is 13.2 Å². The van der Waals surface area contributed by atoms with Gasteiger partial charge in [-0.15, -0.1) is 10.2 Å². The summed E-state index contributed by atoms with van der Waals surface area (Å²) in [6, 6.07) is 8.60. The predicted molar refractivity (Wildman–Crippen MR) is 122 cm³/mol. The number of carbonyl (C=O) groups excluding carboxylic acids is 1. The van der Waals surface area contributed by atoms with E-state index in [1.807, 2.05) is 24.6 Å². The van der Waals surface area contributed by atoms with Crippen LogP contribution in [0, 0.1) is 6.92 Å². The molecular weight excluding hydrogens is 414 g/mol. The Morgan fingerprint density at radius 3 is 2.52 bits per heavy atom. The summed E-state index contributed by atoms with van der Waals surface area (Å²) in [5.41, 5.74) is 4.96. The van der Waals surface area contributed by atoms with E-state index in [0.717, 1.165) is 42.2 Å². The molecule has 3 heterocycles. The van der Waals surface area contributed by atoms with E-state index >= 15 is 0 Å². The third kappa shape index (κ3) is 4.10. The minimum atomic E-state index is -0.117. The van der Waals surface area contributed by atoms with E-state index in [2.05, 4.69) is 38.4 Å². The summed E-state index contributed by atoms with van der Waals surface area (Å²) in [4.78, 5) is 22.4. The van der Waals surface area contributed by atoms with Crippen molar-refractivity contribution < 1.29 is 9.53 Å². The summed E-state index contributed by atoms with van der Waals surface area (Å²) in [5.74, 6) is 2.89. The molecule has 7 heteroatoms. The average molecular weight is 444 g/mol. The summed E-state index contributed by atoms with van der Waals surface area (Å²) in [7, 11) is 1.98. The second-order valence-corrected chi connectivity index (χ2v) is 10.2. The molecule has 3 aliphatic rings. The lowest BCUT2D eigenvalue weighted by Crippen LogP contribution is -2.49. The molecule has 2 aliphatic carbocycles. The Hall–Kier alpha value is -2.93. The SMILES string of the molecule is Cc1cc(C(=O)Cc2cc(C3CC3)cc(C3(Cc4nncn4C)COC3)c2)nc(C2CC2)n1. The van der Waals surface area contributed by atoms with Crippen LogP contribution in [0.25, 0.3) is 0 Å². The number of carbonyl (C=O) groups is 1. The topological polar surface area (TPSA) is 82.8 Å². The molecule has 6 rings (SSSR count). The van der Waals surface area contributed by atoms with Crippen LogP contribution in [-0.2, 0) is 30.0 Å². The van der Waals surface area contributed by atoms with Crippen molar-refractivity contribution in [3.05, 3.63) is 70.3 Å². The predicted octanol–water partition coefficient (Wildman–Crippen LogP) is 3.60. The summed E-state index contributed by atoms with van der Waals surface area (Å²) >= 11 is 0. The van der Waals surface area contributed by atoms with Gasteiger partial charge < -0.3 is 9.30 Å². The summed E-state index contributed by atoms with van der Waals surface area (Å²) < 4.78 is 7.68. The first-order valence-electron chi connectivity index (χ1n) is 11.9. The fourth-order valence-corrected chi connectivity index (χ4v) is 4.80. The van der Waals surface area contributed by atoms with Crippen molar-refractivity contribution in [1.29, 1.82) is 0 Å². The molecule has 1 aliphatic heterocycles. The maximum atomic E-state index is 13.3. The number of ketones is 1. The molecular formula is C26H29N5O2. The third-order valence-corrected chi connectivity index (χ3v) is 7.20. The van der Waals surface area contributed by atoms with E-state index in [1.165, 1.54) is 24.0 Å². The average Bonchev–Trinajstić information content (AvgIpc) is 3.67. The third-order valence-electron chi connectivity index (χ3n) is 7.20. The van der Waals surface area contributed by atoms with Gasteiger partial charge in [0, 0.05) is 36.9 Å². The minimum Gasteiger partial charge on any atom is -0.379 e. The fourth-order valence-electron chi connectivity index (χ4n) is 4.80. The highest BCUT2D eigenvalue weighted by Crippen LogP contribution is 2.44. The van der Waals surface area contributed by atoms with E-state index in [4.69, 9.17) is 4.74 Å². The van der Waals surface area contributed by atoms with Crippen molar-refractivity contribution in [1.82, 2.24) is 24.7 Å². The normalized spacial score (nSPS) is 19.3. The van der Waals surface area contributed by atoms with E-state index in [0.29, 0.717) is 37.2 Å². The zero-order valence-electron chi connectivity index (χ0n) is 19.3. The number of aromatic nitrogens is 5. The number of hydrogen-bond acceptors (Lipinski definition) is 6. The zero-order chi connectivity index (χ0) is 22.6. The Morgan fingerprint density at radius 2 is 1.88 bits per heavy atom. The molecule has 0 atom stereocenters. The number of rotatable bonds is 8. The Morgan fingerprint density at radius 1 is 1.09 bits per heavy atom. The standard InChI is InChI=1S/C26H29N5O2/c1-16-7-22(29-25(28-16)19-5-6-19)23(32)10-17-8-20(18-3-4-18)11-21(9-17)26(13-33-14-26)12-24-30-27-15-31(24)2/h7-9,11,15,18-19H,3-6,10,12-14H2,1-2H3.